The number of hydrogen-bond donors (Lipinski definition) is 1. The quantitative estimate of drug-likeness (QED) is 0.853. The van der Waals surface area contributed by atoms with E-state index < -0.39 is 0 Å². The number of aromatic nitrogens is 2. The topological polar surface area (TPSA) is 67.2 Å². The summed E-state index contributed by atoms with van der Waals surface area (Å²) in [6.07, 6.45) is 3.96. The van der Waals surface area contributed by atoms with Gasteiger partial charge in [-0.25, -0.2) is 0 Å². The van der Waals surface area contributed by atoms with E-state index in [4.69, 9.17) is 0 Å². The van der Waals surface area contributed by atoms with Crippen LogP contribution < -0.4 is 5.32 Å². The zero-order valence-corrected chi connectivity index (χ0v) is 13.9. The van der Waals surface area contributed by atoms with Gasteiger partial charge in [0.1, 0.15) is 0 Å². The smallest absolute Gasteiger partial charge is 0.226 e. The van der Waals surface area contributed by atoms with Gasteiger partial charge < -0.3 is 10.2 Å². The first-order valence-electron chi connectivity index (χ1n) is 7.48. The van der Waals surface area contributed by atoms with Gasteiger partial charge in [-0.3, -0.25) is 14.3 Å². The summed E-state index contributed by atoms with van der Waals surface area (Å²) in [7, 11) is 3.61. The second kappa shape index (κ2) is 6.34. The third-order valence-corrected chi connectivity index (χ3v) is 4.30. The molecule has 22 heavy (non-hydrogen) atoms. The Morgan fingerprint density at radius 1 is 1.45 bits per heavy atom. The lowest BCUT2D eigenvalue weighted by Gasteiger charge is -2.24. The lowest BCUT2D eigenvalue weighted by molar-refractivity contribution is -0.128. The van der Waals surface area contributed by atoms with Crippen molar-refractivity contribution in [3.8, 4) is 0 Å². The van der Waals surface area contributed by atoms with Crippen molar-refractivity contribution in [2.75, 3.05) is 13.6 Å². The number of allylic oxidation sites excluding steroid dienone is 1. The fraction of sp³-hybridized carbons (Fsp3) is 0.562. The van der Waals surface area contributed by atoms with E-state index in [2.05, 4.69) is 10.4 Å². The third-order valence-electron chi connectivity index (χ3n) is 4.30. The molecule has 0 aliphatic carbocycles. The fourth-order valence-corrected chi connectivity index (χ4v) is 2.82. The largest absolute Gasteiger partial charge is 0.352 e. The Kier molecular flexibility index (Phi) is 4.68. The molecule has 0 saturated carbocycles. The Bertz CT molecular complexity index is 614. The highest BCUT2D eigenvalue weighted by Crippen LogP contribution is 2.38. The van der Waals surface area contributed by atoms with E-state index in [1.165, 1.54) is 0 Å². The summed E-state index contributed by atoms with van der Waals surface area (Å²) < 4.78 is 1.77. The van der Waals surface area contributed by atoms with Crippen LogP contribution in [0.2, 0.25) is 0 Å². The molecule has 1 aliphatic heterocycles. The minimum Gasteiger partial charge on any atom is -0.352 e. The van der Waals surface area contributed by atoms with Crippen LogP contribution in [-0.2, 0) is 16.6 Å². The molecule has 6 nitrogen and oxygen atoms in total. The molecule has 2 rings (SSSR count). The molecule has 0 radical (unpaired) electrons. The molecule has 1 fully saturated rings. The SMILES string of the molecule is CC(C)=CCNC(=O)[C@H]1CC(=O)N(C)[C@@H]1c1cnn(C)c1C. The van der Waals surface area contributed by atoms with Crippen LogP contribution in [0, 0.1) is 12.8 Å². The Balaban J connectivity index is 2.21. The first kappa shape index (κ1) is 16.3. The highest BCUT2D eigenvalue weighted by atomic mass is 16.2. The van der Waals surface area contributed by atoms with Crippen LogP contribution >= 0.6 is 0 Å². The zero-order chi connectivity index (χ0) is 16.4. The first-order chi connectivity index (χ1) is 10.3. The average molecular weight is 304 g/mol. The van der Waals surface area contributed by atoms with Crippen LogP contribution in [0.3, 0.4) is 0 Å². The molecule has 1 saturated heterocycles. The summed E-state index contributed by atoms with van der Waals surface area (Å²) in [6.45, 7) is 6.42. The predicted octanol–water partition coefficient (Wildman–Crippen LogP) is 1.33. The highest BCUT2D eigenvalue weighted by Gasteiger charge is 2.43. The summed E-state index contributed by atoms with van der Waals surface area (Å²) in [6, 6.07) is -0.243. The summed E-state index contributed by atoms with van der Waals surface area (Å²) in [5.41, 5.74) is 3.08. The van der Waals surface area contributed by atoms with Gasteiger partial charge in [-0.1, -0.05) is 11.6 Å². The summed E-state index contributed by atoms with van der Waals surface area (Å²) in [5, 5.41) is 7.14. The molecule has 0 spiro atoms. The predicted molar refractivity (Wildman–Crippen MR) is 84.0 cm³/mol. The number of hydrogen-bond acceptors (Lipinski definition) is 3. The normalized spacial score (nSPS) is 21.1. The van der Waals surface area contributed by atoms with Crippen LogP contribution in [0.4, 0.5) is 0 Å². The van der Waals surface area contributed by atoms with Crippen molar-refractivity contribution in [2.45, 2.75) is 33.2 Å². The number of carbonyl (C=O) groups is 2. The first-order valence-corrected chi connectivity index (χ1v) is 7.48. The van der Waals surface area contributed by atoms with Gasteiger partial charge in [0.15, 0.2) is 0 Å². The molecule has 0 unspecified atom stereocenters. The fourth-order valence-electron chi connectivity index (χ4n) is 2.82. The highest BCUT2D eigenvalue weighted by molar-refractivity contribution is 5.90. The summed E-state index contributed by atoms with van der Waals surface area (Å²) in [5.74, 6) is -0.454. The van der Waals surface area contributed by atoms with Gasteiger partial charge in [0, 0.05) is 38.3 Å². The molecule has 1 aromatic heterocycles. The number of likely N-dealkylation sites (tertiary alicyclic amines) is 1. The third kappa shape index (κ3) is 3.05. The Labute approximate surface area is 131 Å². The molecule has 6 heteroatoms. The Morgan fingerprint density at radius 2 is 2.14 bits per heavy atom. The van der Waals surface area contributed by atoms with E-state index in [0.717, 1.165) is 16.8 Å². The number of aryl methyl sites for hydroxylation is 1. The molecule has 2 amide bonds. The lowest BCUT2D eigenvalue weighted by atomic mass is 9.93. The van der Waals surface area contributed by atoms with Crippen molar-refractivity contribution in [2.24, 2.45) is 13.0 Å². The zero-order valence-electron chi connectivity index (χ0n) is 13.9. The maximum absolute atomic E-state index is 12.5. The second-order valence-corrected chi connectivity index (χ2v) is 6.10. The van der Waals surface area contributed by atoms with E-state index in [-0.39, 0.29) is 30.2 Å². The maximum Gasteiger partial charge on any atom is 0.226 e. The molecule has 120 valence electrons. The lowest BCUT2D eigenvalue weighted by Crippen LogP contribution is -2.34. The van der Waals surface area contributed by atoms with Crippen LogP contribution in [-0.4, -0.2) is 40.1 Å². The van der Waals surface area contributed by atoms with Crippen LogP contribution in [0.25, 0.3) is 0 Å². The number of amides is 2. The molecule has 0 bridgehead atoms. The number of nitrogens with zero attached hydrogens (tertiary/aromatic N) is 3. The van der Waals surface area contributed by atoms with Crippen molar-refractivity contribution < 1.29 is 9.59 Å². The Morgan fingerprint density at radius 3 is 2.68 bits per heavy atom. The van der Waals surface area contributed by atoms with Gasteiger partial charge >= 0.3 is 0 Å². The average Bonchev–Trinajstić information content (AvgIpc) is 2.92. The molecule has 1 aliphatic rings. The Hall–Kier alpha value is -2.11. The number of rotatable bonds is 4. The van der Waals surface area contributed by atoms with Gasteiger partial charge in [0.2, 0.25) is 11.8 Å². The standard InChI is InChI=1S/C16H24N4O2/c1-10(2)6-7-17-16(22)12-8-14(21)19(4)15(12)13-9-18-20(5)11(13)3/h6,9,12,15H,7-8H2,1-5H3,(H,17,22)/t12-,15-/m0/s1. The summed E-state index contributed by atoms with van der Waals surface area (Å²) >= 11 is 0. The van der Waals surface area contributed by atoms with E-state index >= 15 is 0 Å². The van der Waals surface area contributed by atoms with Crippen LogP contribution in [0.5, 0.6) is 0 Å². The van der Waals surface area contributed by atoms with Crippen molar-refractivity contribution in [1.29, 1.82) is 0 Å². The minimum atomic E-state index is -0.369. The maximum atomic E-state index is 12.5. The molecular formula is C16H24N4O2. The van der Waals surface area contributed by atoms with Crippen molar-refractivity contribution in [3.05, 3.63) is 29.1 Å². The number of nitrogens with one attached hydrogen (secondary N) is 1. The van der Waals surface area contributed by atoms with E-state index in [1.807, 2.05) is 33.9 Å². The van der Waals surface area contributed by atoms with E-state index in [9.17, 15) is 9.59 Å². The van der Waals surface area contributed by atoms with Gasteiger partial charge in [-0.15, -0.1) is 0 Å². The van der Waals surface area contributed by atoms with Gasteiger partial charge in [-0.05, 0) is 20.8 Å². The van der Waals surface area contributed by atoms with Gasteiger partial charge in [0.05, 0.1) is 18.2 Å². The summed E-state index contributed by atoms with van der Waals surface area (Å²) in [4.78, 5) is 26.2. The van der Waals surface area contributed by atoms with Crippen LogP contribution in [0.1, 0.15) is 37.6 Å². The van der Waals surface area contributed by atoms with Crippen LogP contribution in [0.15, 0.2) is 17.8 Å². The molecule has 1 aromatic rings. The molecule has 0 aromatic carbocycles. The number of carbonyl (C=O) groups excluding carboxylic acids is 2. The molecular weight excluding hydrogens is 280 g/mol. The van der Waals surface area contributed by atoms with E-state index in [0.29, 0.717) is 6.54 Å². The van der Waals surface area contributed by atoms with Gasteiger partial charge in [0.25, 0.3) is 0 Å². The van der Waals surface area contributed by atoms with Crippen molar-refractivity contribution in [1.82, 2.24) is 20.0 Å². The molecule has 2 heterocycles. The monoisotopic (exact) mass is 304 g/mol. The molecule has 1 N–H and O–H groups in total. The van der Waals surface area contributed by atoms with Crippen molar-refractivity contribution in [3.63, 3.8) is 0 Å². The van der Waals surface area contributed by atoms with Gasteiger partial charge in [-0.2, -0.15) is 5.10 Å². The van der Waals surface area contributed by atoms with Crippen molar-refractivity contribution >= 4 is 11.8 Å². The molecule has 2 atom stereocenters. The second-order valence-electron chi connectivity index (χ2n) is 6.10. The minimum absolute atomic E-state index is 0.00406. The van der Waals surface area contributed by atoms with E-state index in [1.54, 1.807) is 22.8 Å².